The van der Waals surface area contributed by atoms with Gasteiger partial charge in [0.05, 0.1) is 23.8 Å². The van der Waals surface area contributed by atoms with Gasteiger partial charge in [0, 0.05) is 21.4 Å². The molecule has 4 aromatic rings. The van der Waals surface area contributed by atoms with E-state index in [-0.39, 0.29) is 33.8 Å². The standard InChI is InChI=1S/C28H28Cl2N3O6PS/c1-3-38-40(35,39-4-2)19-33(41(36,37)27-17-22(29)16-23(30)18-27)26-13-11-20-14-25(12-10-21(20)15-26)32-28(34)31-24-8-6-5-7-9-24/h5-18H,3-4,19H2,1-2H3,(H2,31,32,34). The Balaban J connectivity index is 1.70. The average Bonchev–Trinajstić information content (AvgIpc) is 2.92. The number of carbonyl (C=O) groups is 1. The van der Waals surface area contributed by atoms with Crippen LogP contribution in [0.2, 0.25) is 10.0 Å². The zero-order valence-corrected chi connectivity index (χ0v) is 25.4. The van der Waals surface area contributed by atoms with Crippen LogP contribution in [0.15, 0.2) is 89.8 Å². The van der Waals surface area contributed by atoms with Gasteiger partial charge < -0.3 is 19.7 Å². The topological polar surface area (TPSA) is 114 Å². The molecule has 0 bridgehead atoms. The molecule has 0 atom stereocenters. The smallest absolute Gasteiger partial charge is 0.308 e. The zero-order valence-electron chi connectivity index (χ0n) is 22.2. The molecule has 0 aliphatic carbocycles. The first-order valence-electron chi connectivity index (χ1n) is 12.6. The maximum atomic E-state index is 13.9. The molecule has 0 unspecified atom stereocenters. The number of nitrogens with one attached hydrogen (secondary N) is 2. The summed E-state index contributed by atoms with van der Waals surface area (Å²) in [6.45, 7) is 3.39. The molecule has 0 saturated heterocycles. The highest BCUT2D eigenvalue weighted by Gasteiger charge is 2.35. The number of anilines is 3. The van der Waals surface area contributed by atoms with E-state index in [9.17, 15) is 17.8 Å². The van der Waals surface area contributed by atoms with Crippen LogP contribution in [-0.2, 0) is 23.6 Å². The van der Waals surface area contributed by atoms with Crippen LogP contribution in [0.25, 0.3) is 10.8 Å². The van der Waals surface area contributed by atoms with E-state index in [0.29, 0.717) is 16.8 Å². The molecule has 4 rings (SSSR count). The van der Waals surface area contributed by atoms with Crippen molar-refractivity contribution in [3.8, 4) is 0 Å². The second-order valence-electron chi connectivity index (χ2n) is 8.74. The van der Waals surface area contributed by atoms with Gasteiger partial charge in [0.1, 0.15) is 6.29 Å². The van der Waals surface area contributed by atoms with Gasteiger partial charge in [-0.25, -0.2) is 13.2 Å². The van der Waals surface area contributed by atoms with Crippen LogP contribution in [0.3, 0.4) is 0 Å². The number of sulfonamides is 1. The van der Waals surface area contributed by atoms with Gasteiger partial charge in [-0.05, 0) is 79.2 Å². The van der Waals surface area contributed by atoms with Crippen molar-refractivity contribution in [2.75, 3.05) is 34.4 Å². The van der Waals surface area contributed by atoms with Crippen LogP contribution in [0, 0.1) is 0 Å². The summed E-state index contributed by atoms with van der Waals surface area (Å²) in [5, 5.41) is 7.19. The Morgan fingerprint density at radius 1 is 0.805 bits per heavy atom. The van der Waals surface area contributed by atoms with E-state index in [0.717, 1.165) is 9.69 Å². The van der Waals surface area contributed by atoms with Crippen molar-refractivity contribution in [3.63, 3.8) is 0 Å². The summed E-state index contributed by atoms with van der Waals surface area (Å²) >= 11 is 12.2. The predicted octanol–water partition coefficient (Wildman–Crippen LogP) is 8.21. The lowest BCUT2D eigenvalue weighted by atomic mass is 10.1. The van der Waals surface area contributed by atoms with E-state index < -0.39 is 29.9 Å². The average molecular weight is 636 g/mol. The number of benzene rings is 4. The van der Waals surface area contributed by atoms with Crippen molar-refractivity contribution < 1.29 is 26.8 Å². The Morgan fingerprint density at radius 2 is 1.39 bits per heavy atom. The van der Waals surface area contributed by atoms with Crippen molar-refractivity contribution >= 4 is 74.7 Å². The number of halogens is 2. The molecular weight excluding hydrogens is 608 g/mol. The summed E-state index contributed by atoms with van der Waals surface area (Å²) < 4.78 is 53.1. The second kappa shape index (κ2) is 13.2. The third kappa shape index (κ3) is 7.80. The first kappa shape index (κ1) is 30.8. The number of para-hydroxylation sites is 1. The molecule has 13 heteroatoms. The minimum absolute atomic E-state index is 0.0551. The molecule has 0 aromatic heterocycles. The van der Waals surface area contributed by atoms with Crippen molar-refractivity contribution in [2.24, 2.45) is 0 Å². The first-order chi connectivity index (χ1) is 19.5. The summed E-state index contributed by atoms with van der Waals surface area (Å²) in [5.74, 6) is 0. The van der Waals surface area contributed by atoms with Gasteiger partial charge in [-0.3, -0.25) is 8.87 Å². The van der Waals surface area contributed by atoms with E-state index in [1.165, 1.54) is 18.2 Å². The fraction of sp³-hybridized carbons (Fsp3) is 0.179. The molecule has 2 N–H and O–H groups in total. The molecule has 216 valence electrons. The Bertz CT molecular complexity index is 1680. The summed E-state index contributed by atoms with van der Waals surface area (Å²) in [4.78, 5) is 12.2. The van der Waals surface area contributed by atoms with E-state index in [1.807, 2.05) is 18.2 Å². The fourth-order valence-electron chi connectivity index (χ4n) is 4.05. The molecule has 0 radical (unpaired) electrons. The maximum Gasteiger partial charge on any atom is 0.350 e. The van der Waals surface area contributed by atoms with E-state index >= 15 is 0 Å². The van der Waals surface area contributed by atoms with Crippen LogP contribution >= 0.6 is 30.8 Å². The molecule has 0 fully saturated rings. The highest BCUT2D eigenvalue weighted by atomic mass is 35.5. The largest absolute Gasteiger partial charge is 0.350 e. The Hall–Kier alpha value is -3.11. The van der Waals surface area contributed by atoms with Gasteiger partial charge in [-0.1, -0.05) is 53.5 Å². The van der Waals surface area contributed by atoms with Gasteiger partial charge in [0.2, 0.25) is 0 Å². The van der Waals surface area contributed by atoms with Crippen LogP contribution in [0.5, 0.6) is 0 Å². The molecule has 0 aliphatic rings. The van der Waals surface area contributed by atoms with Crippen LogP contribution < -0.4 is 14.9 Å². The Kier molecular flexibility index (Phi) is 9.96. The monoisotopic (exact) mass is 635 g/mol. The highest BCUT2D eigenvalue weighted by Crippen LogP contribution is 2.50. The SMILES string of the molecule is CCOP(=O)(CN(c1ccc2cc(NC(=O)Nc3ccccc3)ccc2c1)S(=O)(=O)c1cc(Cl)cc(Cl)c1)OCC. The van der Waals surface area contributed by atoms with Gasteiger partial charge >= 0.3 is 13.6 Å². The number of hydrogen-bond donors (Lipinski definition) is 2. The van der Waals surface area contributed by atoms with E-state index in [4.69, 9.17) is 32.2 Å². The summed E-state index contributed by atoms with van der Waals surface area (Å²) in [6.07, 6.45) is -0.577. The second-order valence-corrected chi connectivity index (χ2v) is 13.5. The zero-order chi connectivity index (χ0) is 29.6. The molecule has 0 aliphatic heterocycles. The van der Waals surface area contributed by atoms with Gasteiger partial charge in [0.15, 0.2) is 0 Å². The van der Waals surface area contributed by atoms with E-state index in [2.05, 4.69) is 10.6 Å². The number of rotatable bonds is 11. The number of fused-ring (bicyclic) bond motifs is 1. The molecular formula is C28H28Cl2N3O6PS. The Labute approximate surface area is 248 Å². The number of nitrogens with zero attached hydrogens (tertiary/aromatic N) is 1. The van der Waals surface area contributed by atoms with Crippen LogP contribution in [0.4, 0.5) is 21.9 Å². The van der Waals surface area contributed by atoms with Gasteiger partial charge in [-0.2, -0.15) is 0 Å². The summed E-state index contributed by atoms with van der Waals surface area (Å²) in [6, 6.07) is 22.7. The lowest BCUT2D eigenvalue weighted by molar-refractivity contribution is 0.221. The molecule has 4 aromatic carbocycles. The van der Waals surface area contributed by atoms with E-state index in [1.54, 1.807) is 62.4 Å². The number of urea groups is 1. The predicted molar refractivity (Wildman–Crippen MR) is 165 cm³/mol. The number of amides is 2. The molecule has 9 nitrogen and oxygen atoms in total. The molecule has 2 amide bonds. The summed E-state index contributed by atoms with van der Waals surface area (Å²) in [7, 11) is -8.19. The third-order valence-electron chi connectivity index (χ3n) is 5.78. The Morgan fingerprint density at radius 3 is 2.02 bits per heavy atom. The molecule has 0 spiro atoms. The molecule has 41 heavy (non-hydrogen) atoms. The summed E-state index contributed by atoms with van der Waals surface area (Å²) in [5.41, 5.74) is 1.40. The van der Waals surface area contributed by atoms with Crippen LogP contribution in [0.1, 0.15) is 13.8 Å². The van der Waals surface area contributed by atoms with Crippen molar-refractivity contribution in [2.45, 2.75) is 18.7 Å². The fourth-order valence-corrected chi connectivity index (χ4v) is 8.44. The van der Waals surface area contributed by atoms with Gasteiger partial charge in [0.25, 0.3) is 10.0 Å². The van der Waals surface area contributed by atoms with Gasteiger partial charge in [-0.15, -0.1) is 0 Å². The number of hydrogen-bond acceptors (Lipinski definition) is 6. The highest BCUT2D eigenvalue weighted by molar-refractivity contribution is 7.93. The minimum atomic E-state index is -4.32. The molecule has 0 heterocycles. The normalized spacial score (nSPS) is 11.8. The maximum absolute atomic E-state index is 13.9. The number of carbonyl (C=O) groups excluding carboxylic acids is 1. The first-order valence-corrected chi connectivity index (χ1v) is 16.5. The minimum Gasteiger partial charge on any atom is -0.308 e. The quantitative estimate of drug-likeness (QED) is 0.161. The van der Waals surface area contributed by atoms with Crippen molar-refractivity contribution in [1.82, 2.24) is 0 Å². The lowest BCUT2D eigenvalue weighted by Crippen LogP contribution is -2.33. The molecule has 0 saturated carbocycles. The lowest BCUT2D eigenvalue weighted by Gasteiger charge is -2.28. The van der Waals surface area contributed by atoms with Crippen LogP contribution in [-0.4, -0.2) is 33.9 Å². The van der Waals surface area contributed by atoms with Crippen molar-refractivity contribution in [3.05, 3.63) is 95.0 Å². The third-order valence-corrected chi connectivity index (χ3v) is 10.1. The van der Waals surface area contributed by atoms with Crippen molar-refractivity contribution in [1.29, 1.82) is 0 Å².